The van der Waals surface area contributed by atoms with Crippen LogP contribution in [0.5, 0.6) is 0 Å². The normalized spacial score (nSPS) is 20.8. The zero-order valence-electron chi connectivity index (χ0n) is 10.0. The second-order valence-electron chi connectivity index (χ2n) is 3.84. The number of rotatable bonds is 3. The van der Waals surface area contributed by atoms with Crippen LogP contribution < -0.4 is 5.32 Å². The van der Waals surface area contributed by atoms with E-state index in [0.717, 1.165) is 18.7 Å². The van der Waals surface area contributed by atoms with Gasteiger partial charge in [0.15, 0.2) is 0 Å². The zero-order chi connectivity index (χ0) is 11.4. The number of likely N-dealkylation sites (N-methyl/N-ethyl adjacent to an activating group) is 1. The van der Waals surface area contributed by atoms with E-state index in [4.69, 9.17) is 0 Å². The van der Waals surface area contributed by atoms with E-state index in [9.17, 15) is 4.79 Å². The standard InChI is InChI=1S/C12H20N2O/c1-5-11-7-12(13-10(4)15)9(3)14(6-2)8-11/h7-9H,5-6H2,1-4H3,(H,13,15). The van der Waals surface area contributed by atoms with Crippen LogP contribution in [0.1, 0.15) is 34.1 Å². The Bertz CT molecular complexity index is 305. The van der Waals surface area contributed by atoms with Crippen molar-refractivity contribution in [2.45, 2.75) is 40.2 Å². The molecule has 3 nitrogen and oxygen atoms in total. The van der Waals surface area contributed by atoms with Crippen molar-refractivity contribution in [1.82, 2.24) is 10.2 Å². The number of carbonyl (C=O) groups is 1. The summed E-state index contributed by atoms with van der Waals surface area (Å²) in [5.41, 5.74) is 2.27. The van der Waals surface area contributed by atoms with Crippen LogP contribution in [0.25, 0.3) is 0 Å². The second kappa shape index (κ2) is 5.01. The first-order valence-electron chi connectivity index (χ1n) is 5.54. The summed E-state index contributed by atoms with van der Waals surface area (Å²) in [6.45, 7) is 8.86. The summed E-state index contributed by atoms with van der Waals surface area (Å²) in [5.74, 6) is 0.00139. The van der Waals surface area contributed by atoms with Gasteiger partial charge in [0.2, 0.25) is 5.91 Å². The lowest BCUT2D eigenvalue weighted by atomic mass is 10.0. The fourth-order valence-electron chi connectivity index (χ4n) is 1.76. The number of nitrogens with zero attached hydrogens (tertiary/aromatic N) is 1. The number of hydrogen-bond donors (Lipinski definition) is 1. The number of amides is 1. The molecule has 84 valence electrons. The summed E-state index contributed by atoms with van der Waals surface area (Å²) in [4.78, 5) is 13.3. The lowest BCUT2D eigenvalue weighted by Crippen LogP contribution is -2.39. The minimum absolute atomic E-state index is 0.00139. The van der Waals surface area contributed by atoms with Crippen LogP contribution >= 0.6 is 0 Å². The van der Waals surface area contributed by atoms with Crippen molar-refractivity contribution in [3.8, 4) is 0 Å². The first-order chi connectivity index (χ1) is 7.08. The average Bonchev–Trinajstić information content (AvgIpc) is 2.20. The van der Waals surface area contributed by atoms with Crippen LogP contribution in [0.3, 0.4) is 0 Å². The van der Waals surface area contributed by atoms with E-state index in [1.807, 2.05) is 0 Å². The molecule has 0 saturated heterocycles. The summed E-state index contributed by atoms with van der Waals surface area (Å²) in [6, 6.07) is 0.259. The van der Waals surface area contributed by atoms with Gasteiger partial charge in [-0.15, -0.1) is 0 Å². The first-order valence-corrected chi connectivity index (χ1v) is 5.54. The van der Waals surface area contributed by atoms with Gasteiger partial charge in [-0.05, 0) is 31.9 Å². The van der Waals surface area contributed by atoms with Gasteiger partial charge in [-0.2, -0.15) is 0 Å². The molecule has 15 heavy (non-hydrogen) atoms. The van der Waals surface area contributed by atoms with Gasteiger partial charge in [0.25, 0.3) is 0 Å². The maximum Gasteiger partial charge on any atom is 0.221 e. The molecule has 0 aromatic carbocycles. The van der Waals surface area contributed by atoms with E-state index in [2.05, 4.69) is 43.3 Å². The molecule has 1 N–H and O–H groups in total. The summed E-state index contributed by atoms with van der Waals surface area (Å²) in [7, 11) is 0. The van der Waals surface area contributed by atoms with E-state index in [0.29, 0.717) is 0 Å². The molecule has 1 aliphatic heterocycles. The highest BCUT2D eigenvalue weighted by Gasteiger charge is 2.19. The van der Waals surface area contributed by atoms with Gasteiger partial charge in [-0.25, -0.2) is 0 Å². The topological polar surface area (TPSA) is 32.3 Å². The Balaban J connectivity index is 2.88. The fraction of sp³-hybridized carbons (Fsp3) is 0.583. The van der Waals surface area contributed by atoms with Crippen LogP contribution in [0.2, 0.25) is 0 Å². The molecular weight excluding hydrogens is 188 g/mol. The highest BCUT2D eigenvalue weighted by atomic mass is 16.1. The van der Waals surface area contributed by atoms with Crippen molar-refractivity contribution < 1.29 is 4.79 Å². The molecular formula is C12H20N2O. The highest BCUT2D eigenvalue weighted by molar-refractivity contribution is 5.75. The largest absolute Gasteiger partial charge is 0.369 e. The average molecular weight is 208 g/mol. The first kappa shape index (κ1) is 11.8. The Morgan fingerprint density at radius 1 is 1.53 bits per heavy atom. The molecule has 0 aliphatic carbocycles. The molecule has 0 spiro atoms. The summed E-state index contributed by atoms with van der Waals surface area (Å²) < 4.78 is 0. The number of carbonyl (C=O) groups excluding carboxylic acids is 1. The van der Waals surface area contributed by atoms with Crippen LogP contribution in [-0.2, 0) is 4.79 Å². The summed E-state index contributed by atoms with van der Waals surface area (Å²) in [6.07, 6.45) is 5.25. The number of allylic oxidation sites excluding steroid dienone is 2. The monoisotopic (exact) mass is 208 g/mol. The molecule has 0 bridgehead atoms. The van der Waals surface area contributed by atoms with Gasteiger partial charge in [0.05, 0.1) is 6.04 Å². The molecule has 1 atom stereocenters. The molecule has 0 fully saturated rings. The third kappa shape index (κ3) is 2.85. The number of hydrogen-bond acceptors (Lipinski definition) is 2. The van der Waals surface area contributed by atoms with Gasteiger partial charge in [0, 0.05) is 25.4 Å². The minimum Gasteiger partial charge on any atom is -0.369 e. The van der Waals surface area contributed by atoms with Crippen molar-refractivity contribution in [2.24, 2.45) is 0 Å². The Morgan fingerprint density at radius 3 is 2.67 bits per heavy atom. The van der Waals surface area contributed by atoms with Crippen LogP contribution in [0, 0.1) is 0 Å². The lowest BCUT2D eigenvalue weighted by Gasteiger charge is -2.33. The van der Waals surface area contributed by atoms with E-state index in [1.54, 1.807) is 6.92 Å². The van der Waals surface area contributed by atoms with Crippen LogP contribution in [0.4, 0.5) is 0 Å². The molecule has 0 aromatic heterocycles. The second-order valence-corrected chi connectivity index (χ2v) is 3.84. The van der Waals surface area contributed by atoms with Crippen molar-refractivity contribution in [1.29, 1.82) is 0 Å². The summed E-state index contributed by atoms with van der Waals surface area (Å²) >= 11 is 0. The van der Waals surface area contributed by atoms with Gasteiger partial charge >= 0.3 is 0 Å². The Kier molecular flexibility index (Phi) is 3.95. The Morgan fingerprint density at radius 2 is 2.20 bits per heavy atom. The molecule has 1 amide bonds. The van der Waals surface area contributed by atoms with Gasteiger partial charge in [-0.1, -0.05) is 6.92 Å². The van der Waals surface area contributed by atoms with Gasteiger partial charge in [0.1, 0.15) is 0 Å². The van der Waals surface area contributed by atoms with E-state index < -0.39 is 0 Å². The maximum absolute atomic E-state index is 11.1. The van der Waals surface area contributed by atoms with Gasteiger partial charge in [-0.3, -0.25) is 4.79 Å². The SMILES string of the molecule is CCC1=CN(CC)C(C)C(NC(C)=O)=C1. The molecule has 1 rings (SSSR count). The molecule has 0 saturated carbocycles. The molecule has 1 heterocycles. The predicted octanol–water partition coefficient (Wildman–Crippen LogP) is 2.02. The van der Waals surface area contributed by atoms with Crippen molar-refractivity contribution in [3.63, 3.8) is 0 Å². The van der Waals surface area contributed by atoms with Gasteiger partial charge < -0.3 is 10.2 Å². The van der Waals surface area contributed by atoms with Crippen molar-refractivity contribution in [2.75, 3.05) is 6.54 Å². The molecule has 0 radical (unpaired) electrons. The predicted molar refractivity (Wildman–Crippen MR) is 62.1 cm³/mol. The van der Waals surface area contributed by atoms with Crippen molar-refractivity contribution >= 4 is 5.91 Å². The van der Waals surface area contributed by atoms with Crippen LogP contribution in [0.15, 0.2) is 23.5 Å². The quantitative estimate of drug-likeness (QED) is 0.769. The minimum atomic E-state index is 0.00139. The third-order valence-electron chi connectivity index (χ3n) is 2.71. The molecule has 3 heteroatoms. The van der Waals surface area contributed by atoms with Crippen molar-refractivity contribution in [3.05, 3.63) is 23.5 Å². The highest BCUT2D eigenvalue weighted by Crippen LogP contribution is 2.20. The van der Waals surface area contributed by atoms with E-state index in [-0.39, 0.29) is 11.9 Å². The fourth-order valence-corrected chi connectivity index (χ4v) is 1.76. The lowest BCUT2D eigenvalue weighted by molar-refractivity contribution is -0.118. The Hall–Kier alpha value is -1.25. The molecule has 1 aliphatic rings. The summed E-state index contributed by atoms with van der Waals surface area (Å²) in [5, 5.41) is 2.90. The van der Waals surface area contributed by atoms with E-state index in [1.165, 1.54) is 5.57 Å². The van der Waals surface area contributed by atoms with E-state index >= 15 is 0 Å². The smallest absolute Gasteiger partial charge is 0.221 e. The zero-order valence-corrected chi connectivity index (χ0v) is 10.0. The molecule has 0 aromatic rings. The van der Waals surface area contributed by atoms with Crippen LogP contribution in [-0.4, -0.2) is 23.4 Å². The third-order valence-corrected chi connectivity index (χ3v) is 2.71. The maximum atomic E-state index is 11.1. The number of nitrogens with one attached hydrogen (secondary N) is 1. The Labute approximate surface area is 91.8 Å². The molecule has 1 unspecified atom stereocenters.